The van der Waals surface area contributed by atoms with Crippen LogP contribution in [0.3, 0.4) is 0 Å². The Hall–Kier alpha value is -0.590. The standard InChI is InChI=1S/C13H22O/c1-3-5-10-13(14)12-9-7-6-8-11(12)4-2/h5,10-12H,3-4,6-9H2,1-2H3/b10-5+. The van der Waals surface area contributed by atoms with Crippen LogP contribution in [0.5, 0.6) is 0 Å². The number of rotatable bonds is 4. The van der Waals surface area contributed by atoms with Crippen LogP contribution in [0.4, 0.5) is 0 Å². The van der Waals surface area contributed by atoms with Crippen LogP contribution in [0.1, 0.15) is 52.4 Å². The highest BCUT2D eigenvalue weighted by molar-refractivity contribution is 5.91. The van der Waals surface area contributed by atoms with Crippen molar-refractivity contribution in [3.8, 4) is 0 Å². The van der Waals surface area contributed by atoms with Crippen molar-refractivity contribution in [2.75, 3.05) is 0 Å². The summed E-state index contributed by atoms with van der Waals surface area (Å²) in [5.74, 6) is 1.35. The lowest BCUT2D eigenvalue weighted by atomic mass is 9.75. The summed E-state index contributed by atoms with van der Waals surface area (Å²) in [6.45, 7) is 4.28. The first-order valence-electron chi connectivity index (χ1n) is 6.00. The zero-order valence-electron chi connectivity index (χ0n) is 9.46. The Balaban J connectivity index is 2.54. The summed E-state index contributed by atoms with van der Waals surface area (Å²) in [5.41, 5.74) is 0. The molecule has 1 nitrogen and oxygen atoms in total. The van der Waals surface area contributed by atoms with Gasteiger partial charge >= 0.3 is 0 Å². The Bertz CT molecular complexity index is 205. The van der Waals surface area contributed by atoms with Crippen molar-refractivity contribution in [3.05, 3.63) is 12.2 Å². The van der Waals surface area contributed by atoms with Gasteiger partial charge in [0.15, 0.2) is 5.78 Å². The Kier molecular flexibility index (Phi) is 4.92. The summed E-state index contributed by atoms with van der Waals surface area (Å²) in [6, 6.07) is 0. The summed E-state index contributed by atoms with van der Waals surface area (Å²) < 4.78 is 0. The summed E-state index contributed by atoms with van der Waals surface area (Å²) in [6.07, 6.45) is 10.9. The van der Waals surface area contributed by atoms with Crippen LogP contribution in [0.15, 0.2) is 12.2 Å². The lowest BCUT2D eigenvalue weighted by Crippen LogP contribution is -2.25. The number of ketones is 1. The molecule has 1 rings (SSSR count). The van der Waals surface area contributed by atoms with Gasteiger partial charge in [-0.2, -0.15) is 0 Å². The molecule has 80 valence electrons. The van der Waals surface area contributed by atoms with Gasteiger partial charge in [-0.15, -0.1) is 0 Å². The maximum Gasteiger partial charge on any atom is 0.158 e. The molecule has 2 atom stereocenters. The first kappa shape index (κ1) is 11.5. The smallest absolute Gasteiger partial charge is 0.158 e. The predicted molar refractivity (Wildman–Crippen MR) is 60.2 cm³/mol. The molecule has 2 unspecified atom stereocenters. The van der Waals surface area contributed by atoms with E-state index in [0.717, 1.165) is 19.3 Å². The van der Waals surface area contributed by atoms with Crippen molar-refractivity contribution in [3.63, 3.8) is 0 Å². The van der Waals surface area contributed by atoms with Gasteiger partial charge in [-0.1, -0.05) is 39.2 Å². The fourth-order valence-corrected chi connectivity index (χ4v) is 2.43. The van der Waals surface area contributed by atoms with Gasteiger partial charge in [0.05, 0.1) is 0 Å². The molecule has 1 aliphatic rings. The minimum Gasteiger partial charge on any atom is -0.295 e. The van der Waals surface area contributed by atoms with E-state index in [4.69, 9.17) is 0 Å². The maximum atomic E-state index is 11.8. The van der Waals surface area contributed by atoms with Crippen molar-refractivity contribution < 1.29 is 4.79 Å². The summed E-state index contributed by atoms with van der Waals surface area (Å²) in [5, 5.41) is 0. The first-order chi connectivity index (χ1) is 6.79. The molecule has 0 aliphatic heterocycles. The first-order valence-corrected chi connectivity index (χ1v) is 6.00. The third-order valence-corrected chi connectivity index (χ3v) is 3.32. The molecule has 0 radical (unpaired) electrons. The second-order valence-electron chi connectivity index (χ2n) is 4.27. The SMILES string of the molecule is CC/C=C/C(=O)C1CCCCC1CC. The fraction of sp³-hybridized carbons (Fsp3) is 0.769. The Morgan fingerprint density at radius 3 is 2.64 bits per heavy atom. The van der Waals surface area contributed by atoms with E-state index in [1.165, 1.54) is 19.3 Å². The molecule has 1 fully saturated rings. The van der Waals surface area contributed by atoms with E-state index in [-0.39, 0.29) is 0 Å². The average molecular weight is 194 g/mol. The van der Waals surface area contributed by atoms with Crippen LogP contribution in [-0.2, 0) is 4.79 Å². The van der Waals surface area contributed by atoms with Gasteiger partial charge in [0.1, 0.15) is 0 Å². The molecule has 0 spiro atoms. The van der Waals surface area contributed by atoms with Crippen molar-refractivity contribution in [1.82, 2.24) is 0 Å². The van der Waals surface area contributed by atoms with E-state index in [1.54, 1.807) is 6.08 Å². The van der Waals surface area contributed by atoms with Crippen LogP contribution in [0, 0.1) is 11.8 Å². The number of carbonyl (C=O) groups is 1. The van der Waals surface area contributed by atoms with Crippen LogP contribution in [0.25, 0.3) is 0 Å². The van der Waals surface area contributed by atoms with Crippen molar-refractivity contribution >= 4 is 5.78 Å². The Morgan fingerprint density at radius 2 is 2.00 bits per heavy atom. The van der Waals surface area contributed by atoms with Crippen LogP contribution >= 0.6 is 0 Å². The van der Waals surface area contributed by atoms with Crippen molar-refractivity contribution in [1.29, 1.82) is 0 Å². The highest BCUT2D eigenvalue weighted by Gasteiger charge is 2.27. The summed E-state index contributed by atoms with van der Waals surface area (Å²) >= 11 is 0. The van der Waals surface area contributed by atoms with E-state index < -0.39 is 0 Å². The maximum absolute atomic E-state index is 11.8. The second kappa shape index (κ2) is 6.00. The Morgan fingerprint density at radius 1 is 1.29 bits per heavy atom. The highest BCUT2D eigenvalue weighted by Crippen LogP contribution is 2.32. The molecule has 1 heteroatoms. The quantitative estimate of drug-likeness (QED) is 0.623. The van der Waals surface area contributed by atoms with Crippen LogP contribution < -0.4 is 0 Å². The molecule has 0 amide bonds. The molecular weight excluding hydrogens is 172 g/mol. The molecule has 0 saturated heterocycles. The third kappa shape index (κ3) is 2.97. The lowest BCUT2D eigenvalue weighted by molar-refractivity contribution is -0.120. The molecule has 0 heterocycles. The van der Waals surface area contributed by atoms with E-state index in [9.17, 15) is 4.79 Å². The molecule has 1 aliphatic carbocycles. The van der Waals surface area contributed by atoms with Gasteiger partial charge in [-0.05, 0) is 31.3 Å². The van der Waals surface area contributed by atoms with E-state index in [1.807, 2.05) is 6.08 Å². The summed E-state index contributed by atoms with van der Waals surface area (Å²) in [4.78, 5) is 11.8. The normalized spacial score (nSPS) is 28.1. The molecule has 1 saturated carbocycles. The minimum atomic E-state index is 0.330. The monoisotopic (exact) mass is 194 g/mol. The minimum absolute atomic E-state index is 0.330. The van der Waals surface area contributed by atoms with Gasteiger partial charge in [0, 0.05) is 5.92 Å². The molecule has 0 bridgehead atoms. The largest absolute Gasteiger partial charge is 0.295 e. The van der Waals surface area contributed by atoms with E-state index >= 15 is 0 Å². The summed E-state index contributed by atoms with van der Waals surface area (Å²) in [7, 11) is 0. The zero-order chi connectivity index (χ0) is 10.4. The van der Waals surface area contributed by atoms with Gasteiger partial charge in [0.25, 0.3) is 0 Å². The molecular formula is C13H22O. The number of allylic oxidation sites excluding steroid dienone is 2. The number of carbonyl (C=O) groups excluding carboxylic acids is 1. The van der Waals surface area contributed by atoms with E-state index in [2.05, 4.69) is 13.8 Å². The average Bonchev–Trinajstić information content (AvgIpc) is 2.25. The fourth-order valence-electron chi connectivity index (χ4n) is 2.43. The third-order valence-electron chi connectivity index (χ3n) is 3.32. The van der Waals surface area contributed by atoms with E-state index in [0.29, 0.717) is 17.6 Å². The molecule has 0 aromatic rings. The topological polar surface area (TPSA) is 17.1 Å². The molecule has 0 aromatic carbocycles. The van der Waals surface area contributed by atoms with Gasteiger partial charge < -0.3 is 0 Å². The zero-order valence-corrected chi connectivity index (χ0v) is 9.46. The van der Waals surface area contributed by atoms with Crippen LogP contribution in [-0.4, -0.2) is 5.78 Å². The molecule has 14 heavy (non-hydrogen) atoms. The van der Waals surface area contributed by atoms with Gasteiger partial charge in [-0.25, -0.2) is 0 Å². The molecule has 0 aromatic heterocycles. The van der Waals surface area contributed by atoms with Gasteiger partial charge in [-0.3, -0.25) is 4.79 Å². The van der Waals surface area contributed by atoms with Crippen molar-refractivity contribution in [2.24, 2.45) is 11.8 Å². The Labute approximate surface area is 87.6 Å². The second-order valence-corrected chi connectivity index (χ2v) is 4.27. The highest BCUT2D eigenvalue weighted by atomic mass is 16.1. The van der Waals surface area contributed by atoms with Crippen molar-refractivity contribution in [2.45, 2.75) is 52.4 Å². The number of hydrogen-bond donors (Lipinski definition) is 0. The lowest BCUT2D eigenvalue weighted by Gasteiger charge is -2.28. The number of hydrogen-bond acceptors (Lipinski definition) is 1. The van der Waals surface area contributed by atoms with Crippen LogP contribution in [0.2, 0.25) is 0 Å². The molecule has 0 N–H and O–H groups in total. The predicted octanol–water partition coefficient (Wildman–Crippen LogP) is 3.74. The van der Waals surface area contributed by atoms with Gasteiger partial charge in [0.2, 0.25) is 0 Å².